The fourth-order valence-corrected chi connectivity index (χ4v) is 1.89. The van der Waals surface area contributed by atoms with E-state index >= 15 is 0 Å². The summed E-state index contributed by atoms with van der Waals surface area (Å²) in [7, 11) is 0. The van der Waals surface area contributed by atoms with Crippen LogP contribution in [0.15, 0.2) is 28.7 Å². The van der Waals surface area contributed by atoms with E-state index < -0.39 is 0 Å². The third-order valence-electron chi connectivity index (χ3n) is 2.95. The van der Waals surface area contributed by atoms with E-state index in [9.17, 15) is 4.79 Å². The van der Waals surface area contributed by atoms with E-state index in [1.165, 1.54) is 0 Å². The highest BCUT2D eigenvalue weighted by atomic mass is 79.9. The van der Waals surface area contributed by atoms with Gasteiger partial charge in [-0.15, -0.1) is 0 Å². The zero-order valence-electron chi connectivity index (χ0n) is 11.2. The van der Waals surface area contributed by atoms with E-state index in [0.29, 0.717) is 6.54 Å². The Morgan fingerprint density at radius 3 is 2.61 bits per heavy atom. The normalized spacial score (nSPS) is 14.0. The monoisotopic (exact) mass is 312 g/mol. The maximum atomic E-state index is 11.8. The van der Waals surface area contributed by atoms with Crippen LogP contribution in [-0.2, 0) is 11.3 Å². The second kappa shape index (κ2) is 7.54. The molecule has 1 amide bonds. The van der Waals surface area contributed by atoms with Crippen LogP contribution in [0.1, 0.15) is 32.8 Å². The topological polar surface area (TPSA) is 41.1 Å². The molecule has 0 heterocycles. The minimum atomic E-state index is -0.189. The molecule has 2 unspecified atom stereocenters. The third-order valence-corrected chi connectivity index (χ3v) is 3.72. The van der Waals surface area contributed by atoms with E-state index in [0.717, 1.165) is 16.5 Å². The lowest BCUT2D eigenvalue weighted by molar-refractivity contribution is -0.123. The SMILES string of the molecule is CCC(C)NC(=O)C(C)NCc1ccccc1Br. The van der Waals surface area contributed by atoms with Gasteiger partial charge in [-0.1, -0.05) is 41.1 Å². The molecule has 1 rings (SSSR count). The van der Waals surface area contributed by atoms with Crippen LogP contribution in [0, 0.1) is 0 Å². The van der Waals surface area contributed by atoms with E-state index in [4.69, 9.17) is 0 Å². The molecule has 0 fully saturated rings. The van der Waals surface area contributed by atoms with Crippen LogP contribution in [0.2, 0.25) is 0 Å². The van der Waals surface area contributed by atoms with Crippen LogP contribution >= 0.6 is 15.9 Å². The molecule has 1 aromatic rings. The maximum Gasteiger partial charge on any atom is 0.237 e. The predicted molar refractivity (Wildman–Crippen MR) is 78.3 cm³/mol. The first-order valence-corrected chi connectivity index (χ1v) is 7.11. The molecule has 0 radical (unpaired) electrons. The van der Waals surface area contributed by atoms with Crippen LogP contribution in [0.5, 0.6) is 0 Å². The van der Waals surface area contributed by atoms with Gasteiger partial charge < -0.3 is 10.6 Å². The largest absolute Gasteiger partial charge is 0.352 e. The van der Waals surface area contributed by atoms with Crippen LogP contribution < -0.4 is 10.6 Å². The number of halogens is 1. The molecule has 2 atom stereocenters. The Balaban J connectivity index is 2.44. The molecule has 3 nitrogen and oxygen atoms in total. The average Bonchev–Trinajstić information content (AvgIpc) is 2.37. The second-order valence-corrected chi connectivity index (χ2v) is 5.37. The Kier molecular flexibility index (Phi) is 6.36. The first-order valence-electron chi connectivity index (χ1n) is 6.31. The summed E-state index contributed by atoms with van der Waals surface area (Å²) in [5.74, 6) is 0.0522. The highest BCUT2D eigenvalue weighted by Crippen LogP contribution is 2.15. The van der Waals surface area contributed by atoms with Gasteiger partial charge in [-0.05, 0) is 31.9 Å². The van der Waals surface area contributed by atoms with Gasteiger partial charge in [0.25, 0.3) is 0 Å². The summed E-state index contributed by atoms with van der Waals surface area (Å²) in [6, 6.07) is 8.05. The molecule has 100 valence electrons. The van der Waals surface area contributed by atoms with Crippen molar-refractivity contribution in [1.82, 2.24) is 10.6 Å². The molecule has 18 heavy (non-hydrogen) atoms. The summed E-state index contributed by atoms with van der Waals surface area (Å²) in [4.78, 5) is 11.8. The van der Waals surface area contributed by atoms with Gasteiger partial charge in [-0.2, -0.15) is 0 Å². The molecule has 0 aliphatic heterocycles. The van der Waals surface area contributed by atoms with Gasteiger partial charge in [0, 0.05) is 17.1 Å². The lowest BCUT2D eigenvalue weighted by Crippen LogP contribution is -2.45. The first-order chi connectivity index (χ1) is 8.54. The predicted octanol–water partition coefficient (Wildman–Crippen LogP) is 2.84. The standard InChI is InChI=1S/C14H21BrN2O/c1-4-10(2)17-14(18)11(3)16-9-12-7-5-6-8-13(12)15/h5-8,10-11,16H,4,9H2,1-3H3,(H,17,18). The van der Waals surface area contributed by atoms with Gasteiger partial charge in [-0.25, -0.2) is 0 Å². The van der Waals surface area contributed by atoms with Gasteiger partial charge in [0.15, 0.2) is 0 Å². The van der Waals surface area contributed by atoms with Crippen molar-refractivity contribution in [3.05, 3.63) is 34.3 Å². The van der Waals surface area contributed by atoms with Crippen LogP contribution in [0.25, 0.3) is 0 Å². The maximum absolute atomic E-state index is 11.8. The Morgan fingerprint density at radius 1 is 1.33 bits per heavy atom. The molecule has 0 aromatic heterocycles. The second-order valence-electron chi connectivity index (χ2n) is 4.51. The summed E-state index contributed by atoms with van der Waals surface area (Å²) in [5.41, 5.74) is 1.15. The minimum Gasteiger partial charge on any atom is -0.352 e. The molecule has 0 spiro atoms. The molecule has 0 saturated carbocycles. The van der Waals surface area contributed by atoms with Gasteiger partial charge in [0.05, 0.1) is 6.04 Å². The summed E-state index contributed by atoms with van der Waals surface area (Å²) < 4.78 is 1.06. The molecule has 0 aliphatic rings. The summed E-state index contributed by atoms with van der Waals surface area (Å²) in [6.45, 7) is 6.63. The van der Waals surface area contributed by atoms with Crippen LogP contribution in [0.4, 0.5) is 0 Å². The Bertz CT molecular complexity index is 395. The molecule has 1 aromatic carbocycles. The number of carbonyl (C=O) groups excluding carboxylic acids is 1. The number of rotatable bonds is 6. The zero-order chi connectivity index (χ0) is 13.5. The highest BCUT2D eigenvalue weighted by Gasteiger charge is 2.13. The van der Waals surface area contributed by atoms with Crippen molar-refractivity contribution in [1.29, 1.82) is 0 Å². The summed E-state index contributed by atoms with van der Waals surface area (Å²) in [5, 5.41) is 6.19. The van der Waals surface area contributed by atoms with Gasteiger partial charge >= 0.3 is 0 Å². The van der Waals surface area contributed by atoms with Crippen LogP contribution in [0.3, 0.4) is 0 Å². The average molecular weight is 313 g/mol. The van der Waals surface area contributed by atoms with Gasteiger partial charge in [0.1, 0.15) is 0 Å². The number of benzene rings is 1. The molecule has 4 heteroatoms. The fourth-order valence-electron chi connectivity index (χ4n) is 1.47. The van der Waals surface area contributed by atoms with Crippen molar-refractivity contribution in [2.45, 2.75) is 45.8 Å². The number of hydrogen-bond donors (Lipinski definition) is 2. The first kappa shape index (κ1) is 15.2. The number of carbonyl (C=O) groups is 1. The zero-order valence-corrected chi connectivity index (χ0v) is 12.8. The Hall–Kier alpha value is -0.870. The summed E-state index contributed by atoms with van der Waals surface area (Å²) in [6.07, 6.45) is 0.947. The van der Waals surface area contributed by atoms with E-state index in [-0.39, 0.29) is 18.0 Å². The fraction of sp³-hybridized carbons (Fsp3) is 0.500. The minimum absolute atomic E-state index is 0.0522. The number of nitrogens with one attached hydrogen (secondary N) is 2. The highest BCUT2D eigenvalue weighted by molar-refractivity contribution is 9.10. The molecule has 2 N–H and O–H groups in total. The van der Waals surface area contributed by atoms with Crippen molar-refractivity contribution >= 4 is 21.8 Å². The molecular weight excluding hydrogens is 292 g/mol. The lowest BCUT2D eigenvalue weighted by Gasteiger charge is -2.17. The molecular formula is C14H21BrN2O. The van der Waals surface area contributed by atoms with Gasteiger partial charge in [-0.3, -0.25) is 4.79 Å². The van der Waals surface area contributed by atoms with Crippen molar-refractivity contribution < 1.29 is 4.79 Å². The van der Waals surface area contributed by atoms with E-state index in [2.05, 4.69) is 33.5 Å². The quantitative estimate of drug-likeness (QED) is 0.848. The van der Waals surface area contributed by atoms with E-state index in [1.807, 2.05) is 38.1 Å². The van der Waals surface area contributed by atoms with Crippen molar-refractivity contribution in [3.8, 4) is 0 Å². The summed E-state index contributed by atoms with van der Waals surface area (Å²) >= 11 is 3.49. The smallest absolute Gasteiger partial charge is 0.237 e. The van der Waals surface area contributed by atoms with Crippen molar-refractivity contribution in [2.24, 2.45) is 0 Å². The van der Waals surface area contributed by atoms with Crippen LogP contribution in [-0.4, -0.2) is 18.0 Å². The Morgan fingerprint density at radius 2 is 2.00 bits per heavy atom. The van der Waals surface area contributed by atoms with Crippen molar-refractivity contribution in [2.75, 3.05) is 0 Å². The Labute approximate surface area is 117 Å². The number of hydrogen-bond acceptors (Lipinski definition) is 2. The van der Waals surface area contributed by atoms with Gasteiger partial charge in [0.2, 0.25) is 5.91 Å². The van der Waals surface area contributed by atoms with Crippen molar-refractivity contribution in [3.63, 3.8) is 0 Å². The third kappa shape index (κ3) is 4.78. The lowest BCUT2D eigenvalue weighted by atomic mass is 10.2. The molecule has 0 bridgehead atoms. The van der Waals surface area contributed by atoms with E-state index in [1.54, 1.807) is 0 Å². The molecule has 0 aliphatic carbocycles. The molecule has 0 saturated heterocycles. The number of amides is 1.